The number of rotatable bonds is 3. The Kier molecular flexibility index (Phi) is 17.7. The van der Waals surface area contributed by atoms with E-state index in [-0.39, 0.29) is 0 Å². The monoisotopic (exact) mass is 364 g/mol. The van der Waals surface area contributed by atoms with Crippen molar-refractivity contribution >= 4 is 23.9 Å². The zero-order valence-electron chi connectivity index (χ0n) is 19.5. The molecule has 0 aromatic heterocycles. The van der Waals surface area contributed by atoms with Crippen LogP contribution >= 0.6 is 0 Å². The Balaban J connectivity index is 0. The van der Waals surface area contributed by atoms with E-state index < -0.39 is 0 Å². The molecule has 0 unspecified atom stereocenters. The number of hydrogen-bond acceptors (Lipinski definition) is 0. The van der Waals surface area contributed by atoms with Crippen molar-refractivity contribution in [1.29, 1.82) is 0 Å². The van der Waals surface area contributed by atoms with Gasteiger partial charge in [-0.2, -0.15) is 0 Å². The maximum atomic E-state index is 2.22. The van der Waals surface area contributed by atoms with E-state index in [0.29, 0.717) is 0 Å². The summed E-state index contributed by atoms with van der Waals surface area (Å²) in [6.45, 7) is 23.0. The summed E-state index contributed by atoms with van der Waals surface area (Å²) in [7, 11) is 0. The van der Waals surface area contributed by atoms with Crippen molar-refractivity contribution in [3.8, 4) is 0 Å². The third-order valence-electron chi connectivity index (χ3n) is 3.95. The van der Waals surface area contributed by atoms with Gasteiger partial charge in [0, 0.05) is 0 Å². The topological polar surface area (TPSA) is 0 Å². The van der Waals surface area contributed by atoms with Gasteiger partial charge >= 0.3 is 74.9 Å². The summed E-state index contributed by atoms with van der Waals surface area (Å²) in [5.74, 6) is 2.09. The van der Waals surface area contributed by atoms with Crippen LogP contribution in [-0.2, 0) is 0 Å². The molecule has 148 valence electrons. The average molecular weight is 364 g/mol. The van der Waals surface area contributed by atoms with Crippen molar-refractivity contribution in [2.75, 3.05) is 0 Å². The number of hydrogen-bond donors (Lipinski definition) is 0. The van der Waals surface area contributed by atoms with Crippen molar-refractivity contribution in [1.82, 2.24) is 0 Å². The Morgan fingerprint density at radius 2 is 1.33 bits per heavy atom. The first kappa shape index (κ1) is 27.3. The van der Waals surface area contributed by atoms with Crippen molar-refractivity contribution in [3.05, 3.63) is 70.8 Å². The molecular formula is C26H41B. The van der Waals surface area contributed by atoms with Gasteiger partial charge < -0.3 is 0 Å². The number of allylic oxidation sites excluding steroid dienone is 2. The predicted molar refractivity (Wildman–Crippen MR) is 131 cm³/mol. The molecule has 0 heterocycles. The molecule has 0 spiro atoms. The minimum absolute atomic E-state index is 1.11. The van der Waals surface area contributed by atoms with E-state index >= 15 is 0 Å². The van der Waals surface area contributed by atoms with E-state index in [9.17, 15) is 0 Å². The van der Waals surface area contributed by atoms with E-state index in [4.69, 9.17) is 0 Å². The molecule has 2 aromatic rings. The third kappa shape index (κ3) is 10.8. The maximum absolute atomic E-state index is 2.22. The fourth-order valence-corrected chi connectivity index (χ4v) is 2.85. The van der Waals surface area contributed by atoms with Gasteiger partial charge in [-0.25, -0.2) is 0 Å². The van der Waals surface area contributed by atoms with Gasteiger partial charge in [0.05, 0.1) is 0 Å². The fourth-order valence-electron chi connectivity index (χ4n) is 2.85. The van der Waals surface area contributed by atoms with E-state index in [1.807, 2.05) is 33.8 Å². The molecule has 0 aliphatic carbocycles. The van der Waals surface area contributed by atoms with Crippen LogP contribution in [0, 0.1) is 20.8 Å². The van der Waals surface area contributed by atoms with Gasteiger partial charge in [-0.3, -0.25) is 0 Å². The molecule has 27 heavy (non-hydrogen) atoms. The Bertz CT molecular complexity index is 641. The first-order valence-corrected chi connectivity index (χ1v) is 10.4. The van der Waals surface area contributed by atoms with Crippen LogP contribution in [0.15, 0.2) is 48.5 Å². The van der Waals surface area contributed by atoms with E-state index in [2.05, 4.69) is 96.9 Å². The molecule has 0 nitrogen and oxygen atoms in total. The van der Waals surface area contributed by atoms with Crippen LogP contribution in [-0.4, -0.2) is 12.9 Å². The average Bonchev–Trinajstić information content (AvgIpc) is 2.70. The van der Waals surface area contributed by atoms with E-state index in [0.717, 1.165) is 6.42 Å². The molecule has 0 saturated carbocycles. The van der Waals surface area contributed by atoms with Gasteiger partial charge in [-0.05, 0) is 24.5 Å². The van der Waals surface area contributed by atoms with Crippen molar-refractivity contribution < 1.29 is 0 Å². The van der Waals surface area contributed by atoms with E-state index in [1.165, 1.54) is 33.3 Å². The zero-order valence-corrected chi connectivity index (χ0v) is 19.5. The summed E-state index contributed by atoms with van der Waals surface area (Å²) in [5.41, 5.74) is 8.21. The molecule has 0 fully saturated rings. The molecule has 0 bridgehead atoms. The minimum atomic E-state index is 1.11. The predicted octanol–water partition coefficient (Wildman–Crippen LogP) is 7.32. The third-order valence-corrected chi connectivity index (χ3v) is 3.95. The van der Waals surface area contributed by atoms with Crippen LogP contribution in [0.5, 0.6) is 0 Å². The zero-order chi connectivity index (χ0) is 21.2. The quantitative estimate of drug-likeness (QED) is 0.501. The Morgan fingerprint density at radius 3 is 1.70 bits per heavy atom. The molecular weight excluding hydrogens is 323 g/mol. The fraction of sp³-hybridized carbons (Fsp3) is 0.423. The first-order chi connectivity index (χ1) is 13.0. The van der Waals surface area contributed by atoms with Gasteiger partial charge in [-0.15, -0.1) is 0 Å². The second kappa shape index (κ2) is 17.5. The van der Waals surface area contributed by atoms with Crippen LogP contribution < -0.4 is 5.46 Å². The first-order valence-electron chi connectivity index (χ1n) is 10.4. The SMILES string of the molecule is C/C=C(/CC)c1ccccc1.CC.CC.CC=Bc1c(C)cc(C)cc1C. The van der Waals surface area contributed by atoms with Crippen LogP contribution in [0.2, 0.25) is 0 Å². The molecule has 0 aliphatic rings. The van der Waals surface area contributed by atoms with Crippen LogP contribution in [0.25, 0.3) is 5.57 Å². The van der Waals surface area contributed by atoms with Crippen molar-refractivity contribution in [2.24, 2.45) is 0 Å². The number of benzene rings is 2. The second-order valence-electron chi connectivity index (χ2n) is 5.85. The molecule has 2 rings (SSSR count). The van der Waals surface area contributed by atoms with Crippen LogP contribution in [0.4, 0.5) is 0 Å². The summed E-state index contributed by atoms with van der Waals surface area (Å²) in [6.07, 6.45) is 3.29. The van der Waals surface area contributed by atoms with Gasteiger partial charge in [0.15, 0.2) is 0 Å². The summed E-state index contributed by atoms with van der Waals surface area (Å²) in [4.78, 5) is 0. The summed E-state index contributed by atoms with van der Waals surface area (Å²) < 4.78 is 0. The molecule has 0 saturated heterocycles. The molecule has 1 heteroatoms. The molecule has 0 N–H and O–H groups in total. The van der Waals surface area contributed by atoms with Gasteiger partial charge in [0.1, 0.15) is 0 Å². The Hall–Kier alpha value is -1.89. The standard InChI is InChI=1S/C11H15B.C11H14.2C2H6/c1-5-12-11-9(3)6-8(2)7-10(11)4;1-3-10(4-2)11-8-6-5-7-9-11;2*1-2/h5-7H,1-4H3;3,5-9H,4H2,1-2H3;2*1-2H3/b;10-3-;;. The van der Waals surface area contributed by atoms with Gasteiger partial charge in [0.2, 0.25) is 0 Å². The van der Waals surface area contributed by atoms with Crippen molar-refractivity contribution in [2.45, 2.75) is 75.7 Å². The van der Waals surface area contributed by atoms with Gasteiger partial charge in [-0.1, -0.05) is 71.0 Å². The Morgan fingerprint density at radius 1 is 0.852 bits per heavy atom. The molecule has 0 atom stereocenters. The summed E-state index contributed by atoms with van der Waals surface area (Å²) in [6, 6.07) is 15.0. The molecule has 2 aromatic carbocycles. The Labute approximate surface area is 170 Å². The summed E-state index contributed by atoms with van der Waals surface area (Å²) in [5, 5.41) is 0. The normalized spacial score (nSPS) is 9.78. The second-order valence-corrected chi connectivity index (χ2v) is 5.85. The molecule has 0 amide bonds. The van der Waals surface area contributed by atoms with Gasteiger partial charge in [0.25, 0.3) is 0 Å². The van der Waals surface area contributed by atoms with Crippen LogP contribution in [0.3, 0.4) is 0 Å². The molecule has 0 aliphatic heterocycles. The summed E-state index contributed by atoms with van der Waals surface area (Å²) >= 11 is 0. The van der Waals surface area contributed by atoms with Crippen LogP contribution in [0.1, 0.15) is 77.1 Å². The molecule has 0 radical (unpaired) electrons. The van der Waals surface area contributed by atoms with Crippen molar-refractivity contribution in [3.63, 3.8) is 0 Å². The number of aryl methyl sites for hydroxylation is 3. The van der Waals surface area contributed by atoms with E-state index in [1.54, 1.807) is 0 Å².